The molecule has 1 unspecified atom stereocenters. The molecule has 2 saturated heterocycles. The Bertz CT molecular complexity index is 323. The lowest BCUT2D eigenvalue weighted by molar-refractivity contribution is -0.135. The Hall–Kier alpha value is -0.610. The number of ether oxygens (including phenoxy) is 1. The zero-order valence-electron chi connectivity index (χ0n) is 14.0. The van der Waals surface area contributed by atoms with E-state index in [-0.39, 0.29) is 0 Å². The SMILES string of the molecule is COCC1CCCN(C(=O)CN2CCC(C(C)C)CC2)C1. The van der Waals surface area contributed by atoms with Crippen molar-refractivity contribution in [3.05, 3.63) is 0 Å². The summed E-state index contributed by atoms with van der Waals surface area (Å²) in [5.74, 6) is 2.47. The Kier molecular flexibility index (Phi) is 6.49. The van der Waals surface area contributed by atoms with Crippen molar-refractivity contribution in [1.29, 1.82) is 0 Å². The summed E-state index contributed by atoms with van der Waals surface area (Å²) in [4.78, 5) is 16.9. The lowest BCUT2D eigenvalue weighted by atomic mass is 9.87. The van der Waals surface area contributed by atoms with Crippen LogP contribution >= 0.6 is 0 Å². The first-order valence-corrected chi connectivity index (χ1v) is 8.59. The normalized spacial score (nSPS) is 25.5. The number of hydrogen-bond donors (Lipinski definition) is 0. The van der Waals surface area contributed by atoms with Gasteiger partial charge in [-0.2, -0.15) is 0 Å². The summed E-state index contributed by atoms with van der Waals surface area (Å²) in [5.41, 5.74) is 0. The molecule has 0 N–H and O–H groups in total. The van der Waals surface area contributed by atoms with E-state index in [0.717, 1.165) is 51.0 Å². The summed E-state index contributed by atoms with van der Waals surface area (Å²) in [5, 5.41) is 0. The van der Waals surface area contributed by atoms with Crippen LogP contribution < -0.4 is 0 Å². The van der Waals surface area contributed by atoms with Crippen LogP contribution in [0.15, 0.2) is 0 Å². The van der Waals surface area contributed by atoms with Crippen molar-refractivity contribution in [3.8, 4) is 0 Å². The predicted octanol–water partition coefficient (Wildman–Crippen LogP) is 2.24. The van der Waals surface area contributed by atoms with Gasteiger partial charge >= 0.3 is 0 Å². The highest BCUT2D eigenvalue weighted by Crippen LogP contribution is 2.24. The van der Waals surface area contributed by atoms with Crippen molar-refractivity contribution in [2.45, 2.75) is 39.5 Å². The van der Waals surface area contributed by atoms with Crippen molar-refractivity contribution < 1.29 is 9.53 Å². The van der Waals surface area contributed by atoms with Crippen LogP contribution in [0.3, 0.4) is 0 Å². The molecule has 21 heavy (non-hydrogen) atoms. The summed E-state index contributed by atoms with van der Waals surface area (Å²) < 4.78 is 5.25. The van der Waals surface area contributed by atoms with Crippen LogP contribution in [0.5, 0.6) is 0 Å². The molecule has 0 bridgehead atoms. The van der Waals surface area contributed by atoms with Crippen molar-refractivity contribution >= 4 is 5.91 Å². The van der Waals surface area contributed by atoms with Crippen LogP contribution in [-0.2, 0) is 9.53 Å². The standard InChI is InChI=1S/C17H32N2O2/c1-14(2)16-6-9-18(10-7-16)12-17(20)19-8-4-5-15(11-19)13-21-3/h14-16H,4-13H2,1-3H3. The second kappa shape index (κ2) is 8.14. The fourth-order valence-electron chi connectivity index (χ4n) is 3.73. The Morgan fingerprint density at radius 1 is 1.19 bits per heavy atom. The summed E-state index contributed by atoms with van der Waals surface area (Å²) in [6.45, 7) is 10.0. The minimum absolute atomic E-state index is 0.318. The molecular weight excluding hydrogens is 264 g/mol. The third kappa shape index (κ3) is 4.96. The predicted molar refractivity (Wildman–Crippen MR) is 85.2 cm³/mol. The Labute approximate surface area is 129 Å². The van der Waals surface area contributed by atoms with Gasteiger partial charge in [0.15, 0.2) is 0 Å². The third-order valence-corrected chi connectivity index (χ3v) is 5.21. The van der Waals surface area contributed by atoms with E-state index in [1.165, 1.54) is 19.3 Å². The van der Waals surface area contributed by atoms with Crippen LogP contribution in [0.1, 0.15) is 39.5 Å². The van der Waals surface area contributed by atoms with Crippen molar-refractivity contribution in [2.24, 2.45) is 17.8 Å². The average Bonchev–Trinajstić information content (AvgIpc) is 2.48. The van der Waals surface area contributed by atoms with Gasteiger partial charge in [0, 0.05) is 20.2 Å². The van der Waals surface area contributed by atoms with E-state index in [0.29, 0.717) is 18.4 Å². The van der Waals surface area contributed by atoms with Crippen LogP contribution in [0.2, 0.25) is 0 Å². The summed E-state index contributed by atoms with van der Waals surface area (Å²) in [6, 6.07) is 0. The van der Waals surface area contributed by atoms with Gasteiger partial charge in [-0.15, -0.1) is 0 Å². The molecule has 0 aliphatic carbocycles. The van der Waals surface area contributed by atoms with Crippen LogP contribution in [-0.4, -0.2) is 62.1 Å². The van der Waals surface area contributed by atoms with Crippen LogP contribution in [0.4, 0.5) is 0 Å². The quantitative estimate of drug-likeness (QED) is 0.780. The maximum Gasteiger partial charge on any atom is 0.236 e. The van der Waals surface area contributed by atoms with Gasteiger partial charge in [-0.25, -0.2) is 0 Å². The molecule has 0 saturated carbocycles. The minimum Gasteiger partial charge on any atom is -0.384 e. The number of likely N-dealkylation sites (tertiary alicyclic amines) is 2. The lowest BCUT2D eigenvalue weighted by Gasteiger charge is -2.37. The minimum atomic E-state index is 0.318. The lowest BCUT2D eigenvalue weighted by Crippen LogP contribution is -2.47. The second-order valence-corrected chi connectivity index (χ2v) is 7.16. The van der Waals surface area contributed by atoms with Gasteiger partial charge in [0.1, 0.15) is 0 Å². The number of carbonyl (C=O) groups is 1. The molecule has 2 heterocycles. The molecule has 122 valence electrons. The Morgan fingerprint density at radius 3 is 2.52 bits per heavy atom. The molecule has 2 aliphatic heterocycles. The Morgan fingerprint density at radius 2 is 1.90 bits per heavy atom. The topological polar surface area (TPSA) is 32.8 Å². The second-order valence-electron chi connectivity index (χ2n) is 7.16. The summed E-state index contributed by atoms with van der Waals surface area (Å²) in [7, 11) is 1.75. The van der Waals surface area contributed by atoms with E-state index in [9.17, 15) is 4.79 Å². The largest absolute Gasteiger partial charge is 0.384 e. The zero-order valence-corrected chi connectivity index (χ0v) is 14.0. The molecule has 1 atom stereocenters. The fourth-order valence-corrected chi connectivity index (χ4v) is 3.73. The number of amides is 1. The van der Waals surface area contributed by atoms with Gasteiger partial charge in [0.05, 0.1) is 13.2 Å². The van der Waals surface area contributed by atoms with Gasteiger partial charge in [-0.05, 0) is 56.5 Å². The Balaban J connectivity index is 1.74. The van der Waals surface area contributed by atoms with Crippen LogP contribution in [0.25, 0.3) is 0 Å². The highest BCUT2D eigenvalue weighted by atomic mass is 16.5. The number of piperidine rings is 2. The molecule has 0 aromatic carbocycles. The van der Waals surface area contributed by atoms with Gasteiger partial charge in [-0.3, -0.25) is 9.69 Å². The number of hydrogen-bond acceptors (Lipinski definition) is 3. The van der Waals surface area contributed by atoms with Gasteiger partial charge in [0.25, 0.3) is 0 Å². The zero-order chi connectivity index (χ0) is 15.2. The van der Waals surface area contributed by atoms with E-state index in [4.69, 9.17) is 4.74 Å². The maximum atomic E-state index is 12.5. The smallest absolute Gasteiger partial charge is 0.236 e. The van der Waals surface area contributed by atoms with E-state index in [2.05, 4.69) is 23.6 Å². The molecule has 4 nitrogen and oxygen atoms in total. The first-order chi connectivity index (χ1) is 10.1. The number of rotatable bonds is 5. The fraction of sp³-hybridized carbons (Fsp3) is 0.941. The maximum absolute atomic E-state index is 12.5. The number of nitrogens with zero attached hydrogens (tertiary/aromatic N) is 2. The van der Waals surface area contributed by atoms with Gasteiger partial charge in [-0.1, -0.05) is 13.8 Å². The van der Waals surface area contributed by atoms with Crippen molar-refractivity contribution in [2.75, 3.05) is 46.4 Å². The van der Waals surface area contributed by atoms with Gasteiger partial charge < -0.3 is 9.64 Å². The molecule has 1 amide bonds. The number of methoxy groups -OCH3 is 1. The summed E-state index contributed by atoms with van der Waals surface area (Å²) in [6.07, 6.45) is 4.81. The third-order valence-electron chi connectivity index (χ3n) is 5.21. The summed E-state index contributed by atoms with van der Waals surface area (Å²) >= 11 is 0. The van der Waals surface area contributed by atoms with Crippen LogP contribution in [0, 0.1) is 17.8 Å². The molecule has 0 aromatic heterocycles. The number of carbonyl (C=O) groups excluding carboxylic acids is 1. The average molecular weight is 296 g/mol. The molecule has 0 spiro atoms. The van der Waals surface area contributed by atoms with E-state index in [1.54, 1.807) is 7.11 Å². The highest BCUT2D eigenvalue weighted by molar-refractivity contribution is 5.78. The van der Waals surface area contributed by atoms with E-state index >= 15 is 0 Å². The molecular formula is C17H32N2O2. The molecule has 0 radical (unpaired) electrons. The first-order valence-electron chi connectivity index (χ1n) is 8.59. The molecule has 2 fully saturated rings. The molecule has 0 aromatic rings. The monoisotopic (exact) mass is 296 g/mol. The van der Waals surface area contributed by atoms with Gasteiger partial charge in [0.2, 0.25) is 5.91 Å². The van der Waals surface area contributed by atoms with E-state index < -0.39 is 0 Å². The van der Waals surface area contributed by atoms with Crippen molar-refractivity contribution in [3.63, 3.8) is 0 Å². The molecule has 2 aliphatic rings. The van der Waals surface area contributed by atoms with E-state index in [1.807, 2.05) is 0 Å². The molecule has 4 heteroatoms. The van der Waals surface area contributed by atoms with Crippen molar-refractivity contribution in [1.82, 2.24) is 9.80 Å². The first kappa shape index (κ1) is 16.8. The highest BCUT2D eigenvalue weighted by Gasteiger charge is 2.27. The molecule has 2 rings (SSSR count).